The number of alkyl halides is 2. The van der Waals surface area contributed by atoms with Crippen LogP contribution in [0.3, 0.4) is 0 Å². The lowest BCUT2D eigenvalue weighted by Crippen LogP contribution is -2.44. The summed E-state index contributed by atoms with van der Waals surface area (Å²) in [6, 6.07) is -0.862. The molecule has 0 aromatic carbocycles. The molecule has 6 heteroatoms. The minimum atomic E-state index is -2.47. The minimum Gasteiger partial charge on any atom is -0.346 e. The number of carbonyl (C=O) groups is 2. The van der Waals surface area contributed by atoms with Crippen molar-refractivity contribution in [2.45, 2.75) is 25.3 Å². The molecule has 1 amide bonds. The van der Waals surface area contributed by atoms with E-state index in [-0.39, 0.29) is 13.0 Å². The number of carbonyl (C=O) groups excluding carboxylic acids is 2. The molecule has 0 bridgehead atoms. The maximum atomic E-state index is 11.9. The first kappa shape index (κ1) is 14.7. The fraction of sp³-hybridized carbons (Fsp3) is 0.600. The lowest BCUT2D eigenvalue weighted by Gasteiger charge is -2.13. The summed E-state index contributed by atoms with van der Waals surface area (Å²) in [6.07, 6.45) is -1.51. The van der Waals surface area contributed by atoms with Crippen LogP contribution in [0.25, 0.3) is 0 Å². The number of ketones is 1. The van der Waals surface area contributed by atoms with Crippen molar-refractivity contribution in [3.8, 4) is 0 Å². The van der Waals surface area contributed by atoms with Crippen molar-refractivity contribution < 1.29 is 18.4 Å². The van der Waals surface area contributed by atoms with Crippen LogP contribution in [0.5, 0.6) is 0 Å². The van der Waals surface area contributed by atoms with Gasteiger partial charge in [-0.3, -0.25) is 9.59 Å². The molecule has 0 aliphatic rings. The molecule has 0 aliphatic carbocycles. The van der Waals surface area contributed by atoms with Gasteiger partial charge in [-0.1, -0.05) is 6.08 Å². The third kappa shape index (κ3) is 5.55. The van der Waals surface area contributed by atoms with Gasteiger partial charge in [0.2, 0.25) is 12.2 Å². The van der Waals surface area contributed by atoms with Crippen LogP contribution < -0.4 is 10.6 Å². The van der Waals surface area contributed by atoms with Gasteiger partial charge < -0.3 is 10.6 Å². The molecule has 2 N–H and O–H groups in total. The summed E-state index contributed by atoms with van der Waals surface area (Å²) in [7, 11) is 1.45. The quantitative estimate of drug-likeness (QED) is 0.474. The van der Waals surface area contributed by atoms with E-state index in [1.807, 2.05) is 0 Å². The van der Waals surface area contributed by atoms with Crippen molar-refractivity contribution in [3.63, 3.8) is 0 Å². The number of nitrogens with one attached hydrogen (secondary N) is 2. The SMILES string of the molecule is C=CCNC(=O)C(=O)C(CCC(F)F)NC. The second-order valence-electron chi connectivity index (χ2n) is 3.17. The van der Waals surface area contributed by atoms with Gasteiger partial charge in [-0.15, -0.1) is 6.58 Å². The second-order valence-corrected chi connectivity index (χ2v) is 3.17. The zero-order chi connectivity index (χ0) is 12.6. The van der Waals surface area contributed by atoms with Gasteiger partial charge in [-0.25, -0.2) is 8.78 Å². The number of hydrogen-bond donors (Lipinski definition) is 2. The molecular weight excluding hydrogens is 218 g/mol. The predicted octanol–water partition coefficient (Wildman–Crippen LogP) is 0.491. The molecule has 92 valence electrons. The second kappa shape index (κ2) is 7.92. The molecule has 1 unspecified atom stereocenters. The summed E-state index contributed by atoms with van der Waals surface area (Å²) in [5.41, 5.74) is 0. The van der Waals surface area contributed by atoms with E-state index in [9.17, 15) is 18.4 Å². The molecule has 0 aromatic heterocycles. The van der Waals surface area contributed by atoms with Crippen LogP contribution in [0.2, 0.25) is 0 Å². The van der Waals surface area contributed by atoms with E-state index in [0.717, 1.165) is 0 Å². The van der Waals surface area contributed by atoms with Gasteiger partial charge >= 0.3 is 0 Å². The van der Waals surface area contributed by atoms with E-state index in [0.29, 0.717) is 0 Å². The number of hydrogen-bond acceptors (Lipinski definition) is 3. The maximum absolute atomic E-state index is 11.9. The van der Waals surface area contributed by atoms with Gasteiger partial charge in [0, 0.05) is 13.0 Å². The number of likely N-dealkylation sites (N-methyl/N-ethyl adjacent to an activating group) is 1. The highest BCUT2D eigenvalue weighted by molar-refractivity contribution is 6.38. The lowest BCUT2D eigenvalue weighted by molar-refractivity contribution is -0.139. The Morgan fingerprint density at radius 2 is 2.00 bits per heavy atom. The van der Waals surface area contributed by atoms with Crippen LogP contribution in [0.15, 0.2) is 12.7 Å². The third-order valence-electron chi connectivity index (χ3n) is 1.97. The highest BCUT2D eigenvalue weighted by Crippen LogP contribution is 2.06. The van der Waals surface area contributed by atoms with Gasteiger partial charge in [-0.05, 0) is 13.5 Å². The van der Waals surface area contributed by atoms with E-state index < -0.39 is 30.6 Å². The van der Waals surface area contributed by atoms with Crippen molar-refractivity contribution in [3.05, 3.63) is 12.7 Å². The summed E-state index contributed by atoms with van der Waals surface area (Å²) >= 11 is 0. The first-order chi connectivity index (χ1) is 7.52. The molecule has 0 aromatic rings. The first-order valence-corrected chi connectivity index (χ1v) is 4.91. The Balaban J connectivity index is 4.18. The molecule has 0 rings (SSSR count). The summed E-state index contributed by atoms with van der Waals surface area (Å²) in [5, 5.41) is 4.85. The van der Waals surface area contributed by atoms with Crippen LogP contribution >= 0.6 is 0 Å². The van der Waals surface area contributed by atoms with Gasteiger partial charge in [0.05, 0.1) is 6.04 Å². The summed E-state index contributed by atoms with van der Waals surface area (Å²) in [4.78, 5) is 22.6. The standard InChI is InChI=1S/C10H16F2N2O2/c1-3-6-14-10(16)9(15)7(13-2)4-5-8(11)12/h3,7-8,13H,1,4-6H2,2H3,(H,14,16). The molecule has 0 fully saturated rings. The molecule has 4 nitrogen and oxygen atoms in total. The number of Topliss-reactive ketones (excluding diaryl/α,β-unsaturated/α-hetero) is 1. The van der Waals surface area contributed by atoms with Crippen molar-refractivity contribution >= 4 is 11.7 Å². The average Bonchev–Trinajstić information content (AvgIpc) is 2.25. The Morgan fingerprint density at radius 3 is 2.44 bits per heavy atom. The average molecular weight is 234 g/mol. The summed E-state index contributed by atoms with van der Waals surface area (Å²) in [5.74, 6) is -1.52. The Morgan fingerprint density at radius 1 is 1.38 bits per heavy atom. The fourth-order valence-electron chi connectivity index (χ4n) is 1.11. The predicted molar refractivity (Wildman–Crippen MR) is 56.3 cm³/mol. The van der Waals surface area contributed by atoms with Gasteiger partial charge in [0.15, 0.2) is 0 Å². The largest absolute Gasteiger partial charge is 0.346 e. The fourth-order valence-corrected chi connectivity index (χ4v) is 1.11. The van der Waals surface area contributed by atoms with E-state index >= 15 is 0 Å². The Hall–Kier alpha value is -1.30. The molecule has 0 spiro atoms. The zero-order valence-corrected chi connectivity index (χ0v) is 9.13. The number of amides is 1. The molecule has 0 aliphatic heterocycles. The van der Waals surface area contributed by atoms with Crippen LogP contribution in [0.4, 0.5) is 8.78 Å². The van der Waals surface area contributed by atoms with Gasteiger partial charge in [0.25, 0.3) is 5.91 Å². The molecule has 0 heterocycles. The monoisotopic (exact) mass is 234 g/mol. The highest BCUT2D eigenvalue weighted by atomic mass is 19.3. The smallest absolute Gasteiger partial charge is 0.289 e. The summed E-state index contributed by atoms with van der Waals surface area (Å²) in [6.45, 7) is 3.55. The van der Waals surface area contributed by atoms with Crippen molar-refractivity contribution in [2.24, 2.45) is 0 Å². The molecule has 1 atom stereocenters. The van der Waals surface area contributed by atoms with E-state index in [4.69, 9.17) is 0 Å². The summed E-state index contributed by atoms with van der Waals surface area (Å²) < 4.78 is 23.9. The molecule has 0 radical (unpaired) electrons. The van der Waals surface area contributed by atoms with Crippen LogP contribution in [0.1, 0.15) is 12.8 Å². The van der Waals surface area contributed by atoms with Crippen LogP contribution in [-0.4, -0.2) is 37.8 Å². The van der Waals surface area contributed by atoms with Crippen molar-refractivity contribution in [1.82, 2.24) is 10.6 Å². The number of rotatable bonds is 8. The van der Waals surface area contributed by atoms with E-state index in [2.05, 4.69) is 17.2 Å². The van der Waals surface area contributed by atoms with Crippen LogP contribution in [0, 0.1) is 0 Å². The van der Waals surface area contributed by atoms with Crippen LogP contribution in [-0.2, 0) is 9.59 Å². The van der Waals surface area contributed by atoms with E-state index in [1.54, 1.807) is 0 Å². The third-order valence-corrected chi connectivity index (χ3v) is 1.97. The highest BCUT2D eigenvalue weighted by Gasteiger charge is 2.24. The van der Waals surface area contributed by atoms with Gasteiger partial charge in [0.1, 0.15) is 0 Å². The number of halogens is 2. The molecular formula is C10H16F2N2O2. The topological polar surface area (TPSA) is 58.2 Å². The van der Waals surface area contributed by atoms with Crippen molar-refractivity contribution in [2.75, 3.05) is 13.6 Å². The molecule has 0 saturated carbocycles. The zero-order valence-electron chi connectivity index (χ0n) is 9.13. The molecule has 16 heavy (non-hydrogen) atoms. The maximum Gasteiger partial charge on any atom is 0.289 e. The lowest BCUT2D eigenvalue weighted by atomic mass is 10.1. The van der Waals surface area contributed by atoms with Gasteiger partial charge in [-0.2, -0.15) is 0 Å². The minimum absolute atomic E-state index is 0.0610. The van der Waals surface area contributed by atoms with Crippen molar-refractivity contribution in [1.29, 1.82) is 0 Å². The Labute approximate surface area is 93.1 Å². The van der Waals surface area contributed by atoms with E-state index in [1.165, 1.54) is 13.1 Å². The molecule has 0 saturated heterocycles. The normalized spacial score (nSPS) is 12.2. The first-order valence-electron chi connectivity index (χ1n) is 4.91. The Bertz CT molecular complexity index is 257. The Kier molecular flexibility index (Phi) is 7.28.